The van der Waals surface area contributed by atoms with Crippen molar-refractivity contribution in [1.29, 1.82) is 0 Å². The number of Topliss-reactive ketones (excluding diaryl/α,β-unsaturated/α-hetero) is 2. The number of fused-ring (bicyclic) bond motifs is 4. The molecule has 2 fully saturated rings. The lowest BCUT2D eigenvalue weighted by atomic mass is 9.57. The second-order valence-corrected chi connectivity index (χ2v) is 13.2. The van der Waals surface area contributed by atoms with E-state index in [9.17, 15) is 34.8 Å². The van der Waals surface area contributed by atoms with Crippen LogP contribution in [0.25, 0.3) is 27.7 Å². The molecule has 1 aliphatic heterocycles. The summed E-state index contributed by atoms with van der Waals surface area (Å²) in [6.07, 6.45) is 0.238. The van der Waals surface area contributed by atoms with Gasteiger partial charge in [-0.15, -0.1) is 0 Å². The standard InChI is InChI=1S/C36H37N3O8/c1-38(2)30-25-16-19-15-24-23(22-8-7-18(17-39-11-13-47-14-12-39)20-5-3-4-6-21(20)22)9-10-26(40)28(24)31(41)27(19)33(43)36(25,46)34(44)29(32(30)42)35(37)45/h3-10,19,25,30,40-41,44,46H,11-17H2,1-2H3,(H2,37,45)/t19?,25-,30-,36-/m0/s1. The number of ether oxygens (including phenoxy) is 1. The molecule has 0 aromatic heterocycles. The Kier molecular flexibility index (Phi) is 7.47. The molecule has 4 atom stereocenters. The van der Waals surface area contributed by atoms with E-state index >= 15 is 0 Å². The highest BCUT2D eigenvalue weighted by Gasteiger charge is 2.64. The van der Waals surface area contributed by atoms with E-state index < -0.39 is 58.0 Å². The lowest BCUT2D eigenvalue weighted by Crippen LogP contribution is -2.65. The number of morpholine rings is 1. The van der Waals surface area contributed by atoms with Gasteiger partial charge < -0.3 is 30.9 Å². The number of ketones is 2. The molecule has 7 rings (SSSR count). The molecule has 1 saturated carbocycles. The van der Waals surface area contributed by atoms with Crippen molar-refractivity contribution in [2.45, 2.75) is 31.0 Å². The predicted octanol–water partition coefficient (Wildman–Crippen LogP) is 2.62. The fraction of sp³-hybridized carbons (Fsp3) is 0.361. The van der Waals surface area contributed by atoms with E-state index in [1.54, 1.807) is 20.2 Å². The normalized spacial score (nSPS) is 26.4. The molecule has 0 radical (unpaired) electrons. The van der Waals surface area contributed by atoms with E-state index in [0.717, 1.165) is 41.5 Å². The highest BCUT2D eigenvalue weighted by atomic mass is 16.5. The fourth-order valence-electron chi connectivity index (χ4n) is 8.23. The summed E-state index contributed by atoms with van der Waals surface area (Å²) in [7, 11) is 3.16. The van der Waals surface area contributed by atoms with Crippen LogP contribution in [0.15, 0.2) is 65.4 Å². The van der Waals surface area contributed by atoms with Gasteiger partial charge in [-0.3, -0.25) is 24.2 Å². The van der Waals surface area contributed by atoms with Crippen molar-refractivity contribution in [2.24, 2.45) is 17.6 Å². The molecule has 11 nitrogen and oxygen atoms in total. The molecule has 1 unspecified atom stereocenters. The second kappa shape index (κ2) is 11.3. The number of aromatic hydroxyl groups is 1. The van der Waals surface area contributed by atoms with Gasteiger partial charge in [-0.1, -0.05) is 42.5 Å². The van der Waals surface area contributed by atoms with Gasteiger partial charge in [0, 0.05) is 31.1 Å². The SMILES string of the molecule is CN(C)[C@@H]1C(=O)C(C(N)=O)=C(O)[C@@]2(O)C(=O)C3=C(O)c4c(O)ccc(-c5ccc(CN6CCOCC6)c6ccccc56)c4CC3C[C@@H]12. The van der Waals surface area contributed by atoms with Gasteiger partial charge in [0.05, 0.1) is 24.8 Å². The number of nitrogens with two attached hydrogens (primary N) is 1. The van der Waals surface area contributed by atoms with E-state index in [0.29, 0.717) is 18.8 Å². The van der Waals surface area contributed by atoms with Crippen LogP contribution >= 0.6 is 0 Å². The first-order valence-corrected chi connectivity index (χ1v) is 15.8. The number of benzene rings is 3. The lowest BCUT2D eigenvalue weighted by molar-refractivity contribution is -0.153. The first-order valence-electron chi connectivity index (χ1n) is 15.8. The van der Waals surface area contributed by atoms with Crippen LogP contribution in [0.2, 0.25) is 0 Å². The van der Waals surface area contributed by atoms with E-state index in [-0.39, 0.29) is 29.7 Å². The Balaban J connectivity index is 1.37. The quantitative estimate of drug-likeness (QED) is 0.261. The molecule has 4 aliphatic rings. The smallest absolute Gasteiger partial charge is 0.255 e. The number of amides is 1. The zero-order valence-corrected chi connectivity index (χ0v) is 26.2. The molecule has 1 saturated heterocycles. The minimum absolute atomic E-state index is 0.0279. The molecule has 3 aromatic rings. The Labute approximate surface area is 271 Å². The molecule has 11 heteroatoms. The molecule has 47 heavy (non-hydrogen) atoms. The fourth-order valence-corrected chi connectivity index (χ4v) is 8.23. The van der Waals surface area contributed by atoms with E-state index in [2.05, 4.69) is 17.0 Å². The number of carbonyl (C=O) groups is 3. The molecular weight excluding hydrogens is 602 g/mol. The number of phenolic OH excluding ortho intramolecular Hbond substituents is 1. The predicted molar refractivity (Wildman–Crippen MR) is 173 cm³/mol. The van der Waals surface area contributed by atoms with Crippen LogP contribution in [-0.2, 0) is 32.1 Å². The van der Waals surface area contributed by atoms with Crippen molar-refractivity contribution in [1.82, 2.24) is 9.80 Å². The number of likely N-dealkylation sites (N-methyl/N-ethyl adjacent to an activating group) is 1. The van der Waals surface area contributed by atoms with Crippen LogP contribution in [0, 0.1) is 11.8 Å². The van der Waals surface area contributed by atoms with E-state index in [1.807, 2.05) is 24.3 Å². The molecule has 0 spiro atoms. The molecule has 6 N–H and O–H groups in total. The van der Waals surface area contributed by atoms with Gasteiger partial charge in [-0.2, -0.15) is 0 Å². The third-order valence-electron chi connectivity index (χ3n) is 10.4. The molecule has 3 aromatic carbocycles. The number of rotatable bonds is 5. The number of aliphatic hydroxyl groups excluding tert-OH is 2. The second-order valence-electron chi connectivity index (χ2n) is 13.2. The number of aliphatic hydroxyl groups is 3. The van der Waals surface area contributed by atoms with Crippen molar-refractivity contribution < 1.29 is 39.5 Å². The van der Waals surface area contributed by atoms with Crippen molar-refractivity contribution >= 4 is 34.0 Å². The van der Waals surface area contributed by atoms with Crippen molar-refractivity contribution in [3.63, 3.8) is 0 Å². The maximum absolute atomic E-state index is 14.2. The average molecular weight is 640 g/mol. The zero-order valence-electron chi connectivity index (χ0n) is 26.2. The monoisotopic (exact) mass is 639 g/mol. The van der Waals surface area contributed by atoms with Gasteiger partial charge in [0.1, 0.15) is 22.8 Å². The van der Waals surface area contributed by atoms with Gasteiger partial charge >= 0.3 is 0 Å². The molecule has 244 valence electrons. The van der Waals surface area contributed by atoms with Crippen LogP contribution in [0.4, 0.5) is 0 Å². The maximum atomic E-state index is 14.2. The van der Waals surface area contributed by atoms with Crippen LogP contribution < -0.4 is 5.73 Å². The highest BCUT2D eigenvalue weighted by Crippen LogP contribution is 2.54. The number of hydrogen-bond acceptors (Lipinski definition) is 10. The molecule has 3 aliphatic carbocycles. The first kappa shape index (κ1) is 31.1. The number of hydrogen-bond donors (Lipinski definition) is 5. The lowest BCUT2D eigenvalue weighted by Gasteiger charge is -2.50. The average Bonchev–Trinajstić information content (AvgIpc) is 3.03. The van der Waals surface area contributed by atoms with Gasteiger partial charge in [0.2, 0.25) is 5.78 Å². The van der Waals surface area contributed by atoms with Gasteiger partial charge in [0.25, 0.3) is 5.91 Å². The van der Waals surface area contributed by atoms with Crippen molar-refractivity contribution in [3.8, 4) is 16.9 Å². The summed E-state index contributed by atoms with van der Waals surface area (Å²) in [6, 6.07) is 14.4. The van der Waals surface area contributed by atoms with Crippen molar-refractivity contribution in [3.05, 3.63) is 82.1 Å². The summed E-state index contributed by atoms with van der Waals surface area (Å²) in [4.78, 5) is 43.7. The number of primary amides is 1. The number of carbonyl (C=O) groups excluding carboxylic acids is 3. The van der Waals surface area contributed by atoms with E-state index in [4.69, 9.17) is 10.5 Å². The van der Waals surface area contributed by atoms with Gasteiger partial charge in [0.15, 0.2) is 11.4 Å². The van der Waals surface area contributed by atoms with Crippen LogP contribution in [0.1, 0.15) is 23.1 Å². The summed E-state index contributed by atoms with van der Waals surface area (Å²) in [5.74, 6) is -6.72. The first-order chi connectivity index (χ1) is 22.4. The zero-order chi connectivity index (χ0) is 33.4. The van der Waals surface area contributed by atoms with Crippen LogP contribution in [-0.4, -0.2) is 99.7 Å². The van der Waals surface area contributed by atoms with Gasteiger partial charge in [-0.25, -0.2) is 0 Å². The molecule has 1 heterocycles. The van der Waals surface area contributed by atoms with Gasteiger partial charge in [-0.05, 0) is 71.9 Å². The molecule has 1 amide bonds. The minimum Gasteiger partial charge on any atom is -0.508 e. The largest absolute Gasteiger partial charge is 0.508 e. The molecule has 0 bridgehead atoms. The number of phenols is 1. The summed E-state index contributed by atoms with van der Waals surface area (Å²) in [5.41, 5.74) is 5.27. The summed E-state index contributed by atoms with van der Waals surface area (Å²) < 4.78 is 5.52. The Morgan fingerprint density at radius 2 is 1.68 bits per heavy atom. The Bertz CT molecular complexity index is 1920. The Morgan fingerprint density at radius 1 is 1.00 bits per heavy atom. The topological polar surface area (TPSA) is 174 Å². The van der Waals surface area contributed by atoms with Crippen LogP contribution in [0.3, 0.4) is 0 Å². The Hall–Kier alpha value is -4.55. The molecular formula is C36H37N3O8. The summed E-state index contributed by atoms with van der Waals surface area (Å²) >= 11 is 0. The maximum Gasteiger partial charge on any atom is 0.255 e. The minimum atomic E-state index is -2.68. The third-order valence-corrected chi connectivity index (χ3v) is 10.4. The van der Waals surface area contributed by atoms with Crippen molar-refractivity contribution in [2.75, 3.05) is 40.4 Å². The third kappa shape index (κ3) is 4.60. The van der Waals surface area contributed by atoms with E-state index in [1.165, 1.54) is 16.5 Å². The summed E-state index contributed by atoms with van der Waals surface area (Å²) in [5, 5.41) is 47.8. The van der Waals surface area contributed by atoms with Crippen LogP contribution in [0.5, 0.6) is 5.75 Å². The Morgan fingerprint density at radius 3 is 2.36 bits per heavy atom. The highest BCUT2D eigenvalue weighted by molar-refractivity contribution is 6.24. The number of nitrogens with zero attached hydrogens (tertiary/aromatic N) is 2. The summed E-state index contributed by atoms with van der Waals surface area (Å²) in [6.45, 7) is 3.86.